The highest BCUT2D eigenvalue weighted by Crippen LogP contribution is 2.33. The van der Waals surface area contributed by atoms with Crippen molar-refractivity contribution in [3.8, 4) is 6.07 Å². The highest BCUT2D eigenvalue weighted by Gasteiger charge is 2.17. The van der Waals surface area contributed by atoms with Gasteiger partial charge in [-0.15, -0.1) is 11.8 Å². The van der Waals surface area contributed by atoms with Crippen molar-refractivity contribution < 1.29 is 4.79 Å². The first-order chi connectivity index (χ1) is 8.24. The molecule has 0 bridgehead atoms. The van der Waals surface area contributed by atoms with Crippen LogP contribution < -0.4 is 10.6 Å². The van der Waals surface area contributed by atoms with Gasteiger partial charge in [0.25, 0.3) is 0 Å². The van der Waals surface area contributed by atoms with E-state index in [1.807, 2.05) is 25.2 Å². The second-order valence-corrected chi connectivity index (χ2v) is 4.81. The van der Waals surface area contributed by atoms with Crippen molar-refractivity contribution >= 4 is 23.4 Å². The number of benzene rings is 1. The van der Waals surface area contributed by atoms with Gasteiger partial charge >= 0.3 is 0 Å². The number of carbonyl (C=O) groups excluding carboxylic acids is 1. The van der Waals surface area contributed by atoms with Gasteiger partial charge in [-0.2, -0.15) is 5.26 Å². The van der Waals surface area contributed by atoms with Crippen molar-refractivity contribution in [1.82, 2.24) is 5.32 Å². The van der Waals surface area contributed by atoms with Crippen LogP contribution in [-0.4, -0.2) is 18.7 Å². The number of fused-ring (bicyclic) bond motifs is 1. The Kier molecular flexibility index (Phi) is 3.67. The molecular formula is C12H13N3OS. The summed E-state index contributed by atoms with van der Waals surface area (Å²) >= 11 is 1.54. The Morgan fingerprint density at radius 3 is 3.18 bits per heavy atom. The Morgan fingerprint density at radius 2 is 2.47 bits per heavy atom. The molecule has 17 heavy (non-hydrogen) atoms. The SMILES string of the molecule is CNC(CC#N)c1ccc2c(c1)NC(=O)CS2. The summed E-state index contributed by atoms with van der Waals surface area (Å²) in [7, 11) is 1.83. The maximum absolute atomic E-state index is 11.3. The average molecular weight is 247 g/mol. The molecule has 1 heterocycles. The fraction of sp³-hybridized carbons (Fsp3) is 0.333. The van der Waals surface area contributed by atoms with Crippen LogP contribution in [0.1, 0.15) is 18.0 Å². The van der Waals surface area contributed by atoms with Crippen LogP contribution >= 0.6 is 11.8 Å². The maximum Gasteiger partial charge on any atom is 0.234 e. The van der Waals surface area contributed by atoms with Crippen molar-refractivity contribution in [2.24, 2.45) is 0 Å². The van der Waals surface area contributed by atoms with E-state index in [0.717, 1.165) is 16.1 Å². The zero-order valence-electron chi connectivity index (χ0n) is 9.49. The Bertz CT molecular complexity index is 481. The molecule has 1 aromatic carbocycles. The van der Waals surface area contributed by atoms with Crippen molar-refractivity contribution in [1.29, 1.82) is 5.26 Å². The summed E-state index contributed by atoms with van der Waals surface area (Å²) in [6.45, 7) is 0. The molecule has 0 aromatic heterocycles. The second-order valence-electron chi connectivity index (χ2n) is 3.80. The molecule has 2 rings (SSSR count). The largest absolute Gasteiger partial charge is 0.324 e. The Morgan fingerprint density at radius 1 is 1.65 bits per heavy atom. The van der Waals surface area contributed by atoms with Crippen molar-refractivity contribution in [2.45, 2.75) is 17.4 Å². The third kappa shape index (κ3) is 2.60. The van der Waals surface area contributed by atoms with Gasteiger partial charge in [0.05, 0.1) is 23.9 Å². The lowest BCUT2D eigenvalue weighted by atomic mass is 10.0. The van der Waals surface area contributed by atoms with Crippen LogP contribution in [0, 0.1) is 11.3 Å². The van der Waals surface area contributed by atoms with Crippen LogP contribution in [0.25, 0.3) is 0 Å². The van der Waals surface area contributed by atoms with Gasteiger partial charge in [0.1, 0.15) is 0 Å². The summed E-state index contributed by atoms with van der Waals surface area (Å²) in [4.78, 5) is 12.4. The molecule has 0 fully saturated rings. The van der Waals surface area contributed by atoms with Gasteiger partial charge in [0.2, 0.25) is 5.91 Å². The van der Waals surface area contributed by atoms with Crippen LogP contribution in [0.15, 0.2) is 23.1 Å². The van der Waals surface area contributed by atoms with E-state index in [4.69, 9.17) is 5.26 Å². The molecule has 0 spiro atoms. The first-order valence-electron chi connectivity index (χ1n) is 5.35. The van der Waals surface area contributed by atoms with Crippen molar-refractivity contribution in [3.05, 3.63) is 23.8 Å². The minimum Gasteiger partial charge on any atom is -0.324 e. The quantitative estimate of drug-likeness (QED) is 0.856. The molecule has 1 atom stereocenters. The summed E-state index contributed by atoms with van der Waals surface area (Å²) in [5.74, 6) is 0.501. The van der Waals surface area contributed by atoms with E-state index in [9.17, 15) is 4.79 Å². The smallest absolute Gasteiger partial charge is 0.234 e. The van der Waals surface area contributed by atoms with Gasteiger partial charge in [0, 0.05) is 10.9 Å². The van der Waals surface area contributed by atoms with E-state index in [-0.39, 0.29) is 11.9 Å². The number of hydrogen-bond acceptors (Lipinski definition) is 4. The lowest BCUT2D eigenvalue weighted by Gasteiger charge is -2.19. The standard InChI is InChI=1S/C12H13N3OS/c1-14-9(4-5-13)8-2-3-11-10(6-8)15-12(16)7-17-11/h2-3,6,9,14H,4,7H2,1H3,(H,15,16). The van der Waals surface area contributed by atoms with E-state index < -0.39 is 0 Å². The molecule has 1 aromatic rings. The molecular weight excluding hydrogens is 234 g/mol. The number of nitriles is 1. The summed E-state index contributed by atoms with van der Waals surface area (Å²) in [5.41, 5.74) is 1.87. The summed E-state index contributed by atoms with van der Waals surface area (Å²) in [6.07, 6.45) is 0.413. The number of hydrogen-bond donors (Lipinski definition) is 2. The van der Waals surface area contributed by atoms with Crippen molar-refractivity contribution in [2.75, 3.05) is 18.1 Å². The van der Waals surface area contributed by atoms with E-state index in [1.165, 1.54) is 0 Å². The molecule has 0 aliphatic carbocycles. The molecule has 5 heteroatoms. The molecule has 0 saturated carbocycles. The molecule has 1 amide bonds. The fourth-order valence-electron chi connectivity index (χ4n) is 1.80. The van der Waals surface area contributed by atoms with Crippen LogP contribution in [-0.2, 0) is 4.79 Å². The minimum atomic E-state index is 0.00845. The van der Waals surface area contributed by atoms with Gasteiger partial charge in [-0.1, -0.05) is 6.07 Å². The monoisotopic (exact) mass is 247 g/mol. The van der Waals surface area contributed by atoms with Gasteiger partial charge < -0.3 is 10.6 Å². The zero-order valence-corrected chi connectivity index (χ0v) is 10.3. The van der Waals surface area contributed by atoms with E-state index in [0.29, 0.717) is 12.2 Å². The van der Waals surface area contributed by atoms with Gasteiger partial charge in [-0.25, -0.2) is 0 Å². The normalized spacial score (nSPS) is 15.6. The third-order valence-corrected chi connectivity index (χ3v) is 3.76. The Hall–Kier alpha value is -1.51. The molecule has 1 unspecified atom stereocenters. The average Bonchev–Trinajstić information content (AvgIpc) is 2.35. The highest BCUT2D eigenvalue weighted by molar-refractivity contribution is 8.00. The van der Waals surface area contributed by atoms with E-state index in [2.05, 4.69) is 16.7 Å². The Labute approximate surface area is 104 Å². The first kappa shape index (κ1) is 12.0. The second kappa shape index (κ2) is 5.21. The molecule has 88 valence electrons. The summed E-state index contributed by atoms with van der Waals surface area (Å²) in [6, 6.07) is 8.10. The highest BCUT2D eigenvalue weighted by atomic mass is 32.2. The predicted octanol–water partition coefficient (Wildman–Crippen LogP) is 1.90. The fourth-order valence-corrected chi connectivity index (χ4v) is 2.58. The van der Waals surface area contributed by atoms with Gasteiger partial charge in [0.15, 0.2) is 0 Å². The van der Waals surface area contributed by atoms with E-state index >= 15 is 0 Å². The maximum atomic E-state index is 11.3. The number of thioether (sulfide) groups is 1. The summed E-state index contributed by atoms with van der Waals surface area (Å²) in [5, 5.41) is 14.7. The Balaban J connectivity index is 2.29. The number of rotatable bonds is 3. The van der Waals surface area contributed by atoms with Crippen molar-refractivity contribution in [3.63, 3.8) is 0 Å². The number of nitrogens with zero attached hydrogens (tertiary/aromatic N) is 1. The minimum absolute atomic E-state index is 0.00845. The van der Waals surface area contributed by atoms with Crippen LogP contribution in [0.5, 0.6) is 0 Å². The lowest BCUT2D eigenvalue weighted by Crippen LogP contribution is -2.20. The first-order valence-corrected chi connectivity index (χ1v) is 6.34. The number of carbonyl (C=O) groups is 1. The van der Waals surface area contributed by atoms with Crippen LogP contribution in [0.3, 0.4) is 0 Å². The van der Waals surface area contributed by atoms with E-state index in [1.54, 1.807) is 11.8 Å². The third-order valence-electron chi connectivity index (χ3n) is 2.68. The van der Waals surface area contributed by atoms with Crippen LogP contribution in [0.2, 0.25) is 0 Å². The molecule has 2 N–H and O–H groups in total. The molecule has 0 saturated heterocycles. The van der Waals surface area contributed by atoms with Crippen LogP contribution in [0.4, 0.5) is 5.69 Å². The number of anilines is 1. The molecule has 0 radical (unpaired) electrons. The molecule has 1 aliphatic rings. The summed E-state index contributed by atoms with van der Waals surface area (Å²) < 4.78 is 0. The molecule has 4 nitrogen and oxygen atoms in total. The number of nitrogens with one attached hydrogen (secondary N) is 2. The van der Waals surface area contributed by atoms with Gasteiger partial charge in [-0.3, -0.25) is 4.79 Å². The predicted molar refractivity (Wildman–Crippen MR) is 67.8 cm³/mol. The topological polar surface area (TPSA) is 64.9 Å². The zero-order chi connectivity index (χ0) is 12.3. The molecule has 1 aliphatic heterocycles. The van der Waals surface area contributed by atoms with Gasteiger partial charge in [-0.05, 0) is 24.7 Å². The number of amides is 1. The lowest BCUT2D eigenvalue weighted by molar-refractivity contribution is -0.113.